The Morgan fingerprint density at radius 2 is 1.79 bits per heavy atom. The van der Waals surface area contributed by atoms with Crippen LogP contribution in [0.25, 0.3) is 0 Å². The first-order valence-electron chi connectivity index (χ1n) is 6.83. The first-order chi connectivity index (χ1) is 9.25. The number of fused-ring (bicyclic) bond motifs is 1. The molecule has 2 heteroatoms. The number of rotatable bonds is 3. The summed E-state index contributed by atoms with van der Waals surface area (Å²) in [6.45, 7) is 2.87. The summed E-state index contributed by atoms with van der Waals surface area (Å²) in [7, 11) is 0. The van der Waals surface area contributed by atoms with Crippen LogP contribution in [0.4, 0.5) is 5.69 Å². The molecule has 1 aliphatic heterocycles. The van der Waals surface area contributed by atoms with Crippen molar-refractivity contribution in [3.63, 3.8) is 0 Å². The molecule has 2 aromatic rings. The summed E-state index contributed by atoms with van der Waals surface area (Å²) in [5, 5.41) is 10.4. The minimum absolute atomic E-state index is 0.435. The molecule has 1 heterocycles. The number of benzene rings is 2. The number of hydrogen-bond donors (Lipinski definition) is 1. The predicted molar refractivity (Wildman–Crippen MR) is 78.4 cm³/mol. The molecule has 19 heavy (non-hydrogen) atoms. The van der Waals surface area contributed by atoms with Gasteiger partial charge in [0, 0.05) is 18.3 Å². The molecule has 0 spiro atoms. The molecule has 0 unspecified atom stereocenters. The minimum atomic E-state index is -0.435. The summed E-state index contributed by atoms with van der Waals surface area (Å²) in [4.78, 5) is 2.31. The van der Waals surface area contributed by atoms with Gasteiger partial charge >= 0.3 is 0 Å². The van der Waals surface area contributed by atoms with E-state index >= 15 is 0 Å². The van der Waals surface area contributed by atoms with E-state index < -0.39 is 6.10 Å². The Labute approximate surface area is 114 Å². The number of β-amino-alcohol motifs (C(OH)–C–C–N with tert-alkyl or cyclic N) is 1. The summed E-state index contributed by atoms with van der Waals surface area (Å²) in [5.41, 5.74) is 3.64. The fourth-order valence-electron chi connectivity index (χ4n) is 2.87. The van der Waals surface area contributed by atoms with Crippen LogP contribution in [-0.4, -0.2) is 17.7 Å². The largest absolute Gasteiger partial charge is 0.387 e. The van der Waals surface area contributed by atoms with Crippen LogP contribution in [0.15, 0.2) is 54.6 Å². The van der Waals surface area contributed by atoms with Crippen molar-refractivity contribution in [2.45, 2.75) is 25.5 Å². The summed E-state index contributed by atoms with van der Waals surface area (Å²) in [6.07, 6.45) is 0.632. The van der Waals surface area contributed by atoms with Crippen LogP contribution in [0.2, 0.25) is 0 Å². The number of aliphatic hydroxyl groups excluding tert-OH is 1. The summed E-state index contributed by atoms with van der Waals surface area (Å²) >= 11 is 0. The van der Waals surface area contributed by atoms with E-state index in [2.05, 4.69) is 36.1 Å². The second kappa shape index (κ2) is 5.06. The zero-order valence-corrected chi connectivity index (χ0v) is 11.2. The fraction of sp³-hybridized carbons (Fsp3) is 0.294. The summed E-state index contributed by atoms with van der Waals surface area (Å²) in [5.74, 6) is 0. The molecule has 2 nitrogen and oxygen atoms in total. The van der Waals surface area contributed by atoms with E-state index in [1.54, 1.807) is 0 Å². The molecule has 0 aromatic heterocycles. The maximum absolute atomic E-state index is 10.4. The molecule has 3 rings (SSSR count). The van der Waals surface area contributed by atoms with Crippen molar-refractivity contribution in [2.75, 3.05) is 11.4 Å². The van der Waals surface area contributed by atoms with Crippen LogP contribution in [0, 0.1) is 0 Å². The second-order valence-electron chi connectivity index (χ2n) is 5.26. The van der Waals surface area contributed by atoms with Gasteiger partial charge in [0.1, 0.15) is 0 Å². The SMILES string of the molecule is C[C@@H]1Cc2ccccc2N1C[C@@H](O)c1ccccc1. The van der Waals surface area contributed by atoms with Crippen molar-refractivity contribution in [3.05, 3.63) is 65.7 Å². The van der Waals surface area contributed by atoms with E-state index in [0.717, 1.165) is 12.0 Å². The molecular weight excluding hydrogens is 234 g/mol. The Balaban J connectivity index is 1.80. The number of anilines is 1. The zero-order valence-electron chi connectivity index (χ0n) is 11.2. The lowest BCUT2D eigenvalue weighted by molar-refractivity contribution is 0.181. The van der Waals surface area contributed by atoms with E-state index in [1.807, 2.05) is 30.3 Å². The van der Waals surface area contributed by atoms with E-state index in [9.17, 15) is 5.11 Å². The third-order valence-electron chi connectivity index (χ3n) is 3.90. The van der Waals surface area contributed by atoms with E-state index in [0.29, 0.717) is 12.6 Å². The molecule has 1 N–H and O–H groups in total. The van der Waals surface area contributed by atoms with Crippen LogP contribution in [0.5, 0.6) is 0 Å². The van der Waals surface area contributed by atoms with Crippen molar-refractivity contribution in [2.24, 2.45) is 0 Å². The molecule has 0 fully saturated rings. The van der Waals surface area contributed by atoms with Crippen molar-refractivity contribution in [1.29, 1.82) is 0 Å². The third kappa shape index (κ3) is 2.36. The van der Waals surface area contributed by atoms with Gasteiger partial charge in [0.15, 0.2) is 0 Å². The van der Waals surface area contributed by atoms with E-state index in [4.69, 9.17) is 0 Å². The maximum Gasteiger partial charge on any atom is 0.0964 e. The maximum atomic E-state index is 10.4. The highest BCUT2D eigenvalue weighted by atomic mass is 16.3. The van der Waals surface area contributed by atoms with Gasteiger partial charge in [0.25, 0.3) is 0 Å². The first-order valence-corrected chi connectivity index (χ1v) is 6.83. The molecule has 0 saturated carbocycles. The van der Waals surface area contributed by atoms with Gasteiger partial charge in [-0.2, -0.15) is 0 Å². The molecular formula is C17H19NO. The van der Waals surface area contributed by atoms with Gasteiger partial charge in [-0.05, 0) is 30.5 Å². The number of hydrogen-bond acceptors (Lipinski definition) is 2. The lowest BCUT2D eigenvalue weighted by Crippen LogP contribution is -2.33. The highest BCUT2D eigenvalue weighted by Crippen LogP contribution is 2.33. The van der Waals surface area contributed by atoms with Crippen LogP contribution in [-0.2, 0) is 6.42 Å². The predicted octanol–water partition coefficient (Wildman–Crippen LogP) is 3.17. The van der Waals surface area contributed by atoms with Gasteiger partial charge < -0.3 is 10.0 Å². The molecule has 0 saturated heterocycles. The zero-order chi connectivity index (χ0) is 13.2. The molecule has 1 aliphatic rings. The Bertz CT molecular complexity index is 552. The number of nitrogens with zero attached hydrogens (tertiary/aromatic N) is 1. The van der Waals surface area contributed by atoms with Gasteiger partial charge in [-0.25, -0.2) is 0 Å². The first kappa shape index (κ1) is 12.2. The molecule has 2 atom stereocenters. The van der Waals surface area contributed by atoms with Crippen molar-refractivity contribution >= 4 is 5.69 Å². The van der Waals surface area contributed by atoms with Crippen molar-refractivity contribution in [1.82, 2.24) is 0 Å². The van der Waals surface area contributed by atoms with Gasteiger partial charge in [-0.15, -0.1) is 0 Å². The average Bonchev–Trinajstić information content (AvgIpc) is 2.76. The standard InChI is InChI=1S/C17H19NO/c1-13-11-15-9-5-6-10-16(15)18(13)12-17(19)14-7-3-2-4-8-14/h2-10,13,17,19H,11-12H2,1H3/t13-,17-/m1/s1. The molecule has 0 bridgehead atoms. The Kier molecular flexibility index (Phi) is 3.26. The summed E-state index contributed by atoms with van der Waals surface area (Å²) in [6, 6.07) is 18.8. The summed E-state index contributed by atoms with van der Waals surface area (Å²) < 4.78 is 0. The van der Waals surface area contributed by atoms with Crippen LogP contribution < -0.4 is 4.90 Å². The Hall–Kier alpha value is -1.80. The van der Waals surface area contributed by atoms with Crippen LogP contribution in [0.3, 0.4) is 0 Å². The average molecular weight is 253 g/mol. The number of para-hydroxylation sites is 1. The molecule has 0 aliphatic carbocycles. The van der Waals surface area contributed by atoms with Crippen LogP contribution in [0.1, 0.15) is 24.2 Å². The number of aliphatic hydroxyl groups is 1. The molecule has 98 valence electrons. The quantitative estimate of drug-likeness (QED) is 0.908. The Morgan fingerprint density at radius 3 is 2.58 bits per heavy atom. The lowest BCUT2D eigenvalue weighted by atomic mass is 10.1. The molecule has 0 amide bonds. The monoisotopic (exact) mass is 253 g/mol. The fourth-order valence-corrected chi connectivity index (χ4v) is 2.87. The highest BCUT2D eigenvalue weighted by molar-refractivity contribution is 5.59. The normalized spacial score (nSPS) is 19.3. The van der Waals surface area contributed by atoms with Crippen LogP contribution >= 0.6 is 0 Å². The smallest absolute Gasteiger partial charge is 0.0964 e. The van der Waals surface area contributed by atoms with E-state index in [-0.39, 0.29) is 0 Å². The second-order valence-corrected chi connectivity index (χ2v) is 5.26. The lowest BCUT2D eigenvalue weighted by Gasteiger charge is -2.27. The third-order valence-corrected chi connectivity index (χ3v) is 3.90. The molecule has 2 aromatic carbocycles. The minimum Gasteiger partial charge on any atom is -0.387 e. The Morgan fingerprint density at radius 1 is 1.11 bits per heavy atom. The van der Waals surface area contributed by atoms with Gasteiger partial charge in [0.05, 0.1) is 6.10 Å². The molecule has 0 radical (unpaired) electrons. The van der Waals surface area contributed by atoms with Gasteiger partial charge in [-0.3, -0.25) is 0 Å². The van der Waals surface area contributed by atoms with Crippen molar-refractivity contribution < 1.29 is 5.11 Å². The van der Waals surface area contributed by atoms with Crippen molar-refractivity contribution in [3.8, 4) is 0 Å². The topological polar surface area (TPSA) is 23.5 Å². The van der Waals surface area contributed by atoms with E-state index in [1.165, 1.54) is 11.3 Å². The van der Waals surface area contributed by atoms with Gasteiger partial charge in [0.2, 0.25) is 0 Å². The van der Waals surface area contributed by atoms with Gasteiger partial charge in [-0.1, -0.05) is 48.5 Å². The highest BCUT2D eigenvalue weighted by Gasteiger charge is 2.27.